The average Bonchev–Trinajstić information content (AvgIpc) is 2.70. The van der Waals surface area contributed by atoms with Crippen LogP contribution in [0.5, 0.6) is 0 Å². The lowest BCUT2D eigenvalue weighted by molar-refractivity contribution is 0.0500. The molecule has 1 aromatic carbocycles. The van der Waals surface area contributed by atoms with Gasteiger partial charge in [0.1, 0.15) is 12.9 Å². The van der Waals surface area contributed by atoms with E-state index in [2.05, 4.69) is 37.4 Å². The molecule has 3 heteroatoms. The zero-order chi connectivity index (χ0) is 10.7. The summed E-state index contributed by atoms with van der Waals surface area (Å²) >= 11 is 0. The van der Waals surface area contributed by atoms with Crippen molar-refractivity contribution in [3.8, 4) is 0 Å². The van der Waals surface area contributed by atoms with Crippen LogP contribution < -0.4 is 5.32 Å². The first-order chi connectivity index (χ1) is 7.27. The van der Waals surface area contributed by atoms with Gasteiger partial charge in [-0.25, -0.2) is 0 Å². The fourth-order valence-corrected chi connectivity index (χ4v) is 1.80. The monoisotopic (exact) mass is 207 g/mol. The van der Waals surface area contributed by atoms with Gasteiger partial charge in [-0.05, 0) is 25.0 Å². The zero-order valence-corrected chi connectivity index (χ0v) is 9.25. The van der Waals surface area contributed by atoms with Gasteiger partial charge < -0.3 is 14.8 Å². The van der Waals surface area contributed by atoms with E-state index in [0.717, 1.165) is 6.54 Å². The maximum atomic E-state index is 5.37. The van der Waals surface area contributed by atoms with Gasteiger partial charge in [0.2, 0.25) is 0 Å². The number of ether oxygens (including phenoxy) is 2. The van der Waals surface area contributed by atoms with Gasteiger partial charge >= 0.3 is 0 Å². The molecule has 1 atom stereocenters. The van der Waals surface area contributed by atoms with Crippen LogP contribution in [0.1, 0.15) is 11.1 Å². The Morgan fingerprint density at radius 2 is 2.07 bits per heavy atom. The lowest BCUT2D eigenvalue weighted by Gasteiger charge is -2.14. The first-order valence-electron chi connectivity index (χ1n) is 5.27. The predicted molar refractivity (Wildman–Crippen MR) is 60.1 cm³/mol. The first kappa shape index (κ1) is 10.5. The molecule has 1 unspecified atom stereocenters. The largest absolute Gasteiger partial charge is 0.382 e. The Bertz CT molecular complexity index is 312. The predicted octanol–water partition coefficient (Wildman–Crippen LogP) is 2.09. The highest BCUT2D eigenvalue weighted by Crippen LogP contribution is 2.19. The van der Waals surface area contributed by atoms with Crippen LogP contribution in [0.15, 0.2) is 18.2 Å². The molecule has 1 saturated heterocycles. The molecule has 1 aromatic rings. The van der Waals surface area contributed by atoms with Crippen molar-refractivity contribution < 1.29 is 9.47 Å². The van der Waals surface area contributed by atoms with E-state index in [1.165, 1.54) is 16.8 Å². The summed E-state index contributed by atoms with van der Waals surface area (Å²) in [5.74, 6) is 0. The molecule has 1 N–H and O–H groups in total. The molecule has 82 valence electrons. The van der Waals surface area contributed by atoms with Gasteiger partial charge in [-0.3, -0.25) is 0 Å². The Morgan fingerprint density at radius 1 is 1.33 bits per heavy atom. The number of aryl methyl sites for hydroxylation is 2. The highest BCUT2D eigenvalue weighted by atomic mass is 16.7. The van der Waals surface area contributed by atoms with Crippen molar-refractivity contribution in [3.05, 3.63) is 29.3 Å². The number of hydrogen-bond acceptors (Lipinski definition) is 3. The van der Waals surface area contributed by atoms with Crippen LogP contribution in [0, 0.1) is 13.8 Å². The first-order valence-corrected chi connectivity index (χ1v) is 5.27. The van der Waals surface area contributed by atoms with E-state index in [4.69, 9.17) is 9.47 Å². The van der Waals surface area contributed by atoms with Gasteiger partial charge in [-0.15, -0.1) is 0 Å². The van der Waals surface area contributed by atoms with Crippen LogP contribution in [0.4, 0.5) is 5.69 Å². The van der Waals surface area contributed by atoms with Crippen LogP contribution >= 0.6 is 0 Å². The Hall–Kier alpha value is -1.06. The number of para-hydroxylation sites is 1. The second kappa shape index (κ2) is 4.64. The molecule has 0 saturated carbocycles. The lowest BCUT2D eigenvalue weighted by atomic mass is 10.1. The molecular weight excluding hydrogens is 190 g/mol. The second-order valence-corrected chi connectivity index (χ2v) is 3.93. The fourth-order valence-electron chi connectivity index (χ4n) is 1.80. The van der Waals surface area contributed by atoms with Gasteiger partial charge in [0.15, 0.2) is 0 Å². The molecule has 0 spiro atoms. The molecular formula is C12H17NO2. The third kappa shape index (κ3) is 2.49. The molecule has 2 rings (SSSR count). The smallest absolute Gasteiger partial charge is 0.147 e. The molecule has 1 aliphatic heterocycles. The van der Waals surface area contributed by atoms with E-state index in [1.807, 2.05) is 0 Å². The van der Waals surface area contributed by atoms with E-state index in [0.29, 0.717) is 13.4 Å². The highest BCUT2D eigenvalue weighted by molar-refractivity contribution is 5.56. The normalized spacial score (nSPS) is 20.5. The minimum atomic E-state index is 0.184. The Balaban J connectivity index is 1.97. The lowest BCUT2D eigenvalue weighted by Crippen LogP contribution is -2.22. The van der Waals surface area contributed by atoms with E-state index < -0.39 is 0 Å². The fraction of sp³-hybridized carbons (Fsp3) is 0.500. The van der Waals surface area contributed by atoms with Crippen molar-refractivity contribution in [1.29, 1.82) is 0 Å². The molecule has 3 nitrogen and oxygen atoms in total. The van der Waals surface area contributed by atoms with Gasteiger partial charge in [0.25, 0.3) is 0 Å². The van der Waals surface area contributed by atoms with Crippen LogP contribution in [0.3, 0.4) is 0 Å². The van der Waals surface area contributed by atoms with Crippen molar-refractivity contribution in [3.63, 3.8) is 0 Å². The number of benzene rings is 1. The van der Waals surface area contributed by atoms with Crippen molar-refractivity contribution >= 4 is 5.69 Å². The van der Waals surface area contributed by atoms with Gasteiger partial charge in [0, 0.05) is 12.2 Å². The molecule has 0 radical (unpaired) electrons. The Labute approximate surface area is 90.4 Å². The Kier molecular flexibility index (Phi) is 3.23. The SMILES string of the molecule is Cc1cccc(C)c1NCC1COCO1. The van der Waals surface area contributed by atoms with Crippen molar-refractivity contribution in [2.45, 2.75) is 20.0 Å². The number of rotatable bonds is 3. The van der Waals surface area contributed by atoms with Crippen LogP contribution in [-0.4, -0.2) is 26.0 Å². The summed E-state index contributed by atoms with van der Waals surface area (Å²) in [6, 6.07) is 6.30. The van der Waals surface area contributed by atoms with Crippen LogP contribution in [-0.2, 0) is 9.47 Å². The minimum Gasteiger partial charge on any atom is -0.382 e. The number of hydrogen-bond donors (Lipinski definition) is 1. The molecule has 1 heterocycles. The summed E-state index contributed by atoms with van der Waals surface area (Å²) in [6.07, 6.45) is 0.184. The molecule has 1 fully saturated rings. The molecule has 0 amide bonds. The molecule has 0 aliphatic carbocycles. The third-order valence-corrected chi connectivity index (χ3v) is 2.68. The third-order valence-electron chi connectivity index (χ3n) is 2.68. The zero-order valence-electron chi connectivity index (χ0n) is 9.25. The van der Waals surface area contributed by atoms with Crippen molar-refractivity contribution in [2.24, 2.45) is 0 Å². The van der Waals surface area contributed by atoms with Crippen molar-refractivity contribution in [2.75, 3.05) is 25.3 Å². The summed E-state index contributed by atoms with van der Waals surface area (Å²) in [4.78, 5) is 0. The van der Waals surface area contributed by atoms with E-state index >= 15 is 0 Å². The molecule has 0 aromatic heterocycles. The average molecular weight is 207 g/mol. The summed E-state index contributed by atoms with van der Waals surface area (Å²) < 4.78 is 10.5. The Morgan fingerprint density at radius 3 is 2.67 bits per heavy atom. The van der Waals surface area contributed by atoms with Gasteiger partial charge in [-0.1, -0.05) is 18.2 Å². The van der Waals surface area contributed by atoms with E-state index in [1.54, 1.807) is 0 Å². The minimum absolute atomic E-state index is 0.184. The van der Waals surface area contributed by atoms with Gasteiger partial charge in [-0.2, -0.15) is 0 Å². The second-order valence-electron chi connectivity index (χ2n) is 3.93. The van der Waals surface area contributed by atoms with Crippen molar-refractivity contribution in [1.82, 2.24) is 0 Å². The molecule has 15 heavy (non-hydrogen) atoms. The quantitative estimate of drug-likeness (QED) is 0.823. The maximum Gasteiger partial charge on any atom is 0.147 e. The van der Waals surface area contributed by atoms with Crippen LogP contribution in [0.25, 0.3) is 0 Å². The topological polar surface area (TPSA) is 30.5 Å². The number of anilines is 1. The summed E-state index contributed by atoms with van der Waals surface area (Å²) in [5, 5.41) is 3.42. The van der Waals surface area contributed by atoms with E-state index in [-0.39, 0.29) is 6.10 Å². The van der Waals surface area contributed by atoms with Crippen LogP contribution in [0.2, 0.25) is 0 Å². The number of nitrogens with one attached hydrogen (secondary N) is 1. The summed E-state index contributed by atoms with van der Waals surface area (Å²) in [5.41, 5.74) is 3.76. The highest BCUT2D eigenvalue weighted by Gasteiger charge is 2.15. The van der Waals surface area contributed by atoms with Gasteiger partial charge in [0.05, 0.1) is 6.61 Å². The molecule has 1 aliphatic rings. The maximum absolute atomic E-state index is 5.37. The molecule has 0 bridgehead atoms. The standard InChI is InChI=1S/C12H17NO2/c1-9-4-3-5-10(2)12(9)13-6-11-7-14-8-15-11/h3-5,11,13H,6-8H2,1-2H3. The van der Waals surface area contributed by atoms with E-state index in [9.17, 15) is 0 Å². The summed E-state index contributed by atoms with van der Waals surface area (Å²) in [7, 11) is 0. The summed E-state index contributed by atoms with van der Waals surface area (Å²) in [6.45, 7) is 6.16.